The van der Waals surface area contributed by atoms with Crippen molar-refractivity contribution in [1.82, 2.24) is 4.31 Å². The number of nitrogens with zero attached hydrogens (tertiary/aromatic N) is 1. The fourth-order valence-corrected chi connectivity index (χ4v) is 4.47. The molecule has 1 N–H and O–H groups in total. The monoisotopic (exact) mass is 336 g/mol. The van der Waals surface area contributed by atoms with Gasteiger partial charge in [-0.05, 0) is 55.9 Å². The Balaban J connectivity index is 1.67. The molecule has 0 atom stereocenters. The quantitative estimate of drug-likeness (QED) is 0.919. The molecule has 2 aliphatic rings. The molecule has 1 aromatic carbocycles. The number of hydrogen-bond donors (Lipinski definition) is 1. The van der Waals surface area contributed by atoms with Crippen LogP contribution in [0.25, 0.3) is 0 Å². The van der Waals surface area contributed by atoms with Crippen molar-refractivity contribution in [2.45, 2.75) is 43.9 Å². The summed E-state index contributed by atoms with van der Waals surface area (Å²) >= 11 is 0. The minimum Gasteiger partial charge on any atom is -0.326 e. The largest absolute Gasteiger partial charge is 0.326 e. The van der Waals surface area contributed by atoms with Crippen LogP contribution in [0.15, 0.2) is 29.2 Å². The maximum Gasteiger partial charge on any atom is 0.243 e. The third-order valence-electron chi connectivity index (χ3n) is 4.98. The Bertz CT molecular complexity index is 658. The second-order valence-corrected chi connectivity index (χ2v) is 8.67. The van der Waals surface area contributed by atoms with Crippen LogP contribution in [0.4, 0.5) is 5.69 Å². The minimum atomic E-state index is -3.42. The first kappa shape index (κ1) is 16.5. The number of rotatable bonds is 4. The van der Waals surface area contributed by atoms with Crippen LogP contribution in [0.3, 0.4) is 0 Å². The number of amides is 1. The number of anilines is 1. The van der Waals surface area contributed by atoms with Crippen molar-refractivity contribution in [1.29, 1.82) is 0 Å². The van der Waals surface area contributed by atoms with Crippen LogP contribution in [0.2, 0.25) is 0 Å². The van der Waals surface area contributed by atoms with E-state index in [1.807, 2.05) is 0 Å². The molecule has 0 radical (unpaired) electrons. The van der Waals surface area contributed by atoms with Crippen LogP contribution in [-0.2, 0) is 14.8 Å². The van der Waals surface area contributed by atoms with Crippen LogP contribution in [-0.4, -0.2) is 31.7 Å². The van der Waals surface area contributed by atoms with Crippen molar-refractivity contribution in [3.05, 3.63) is 24.3 Å². The van der Waals surface area contributed by atoms with Gasteiger partial charge in [-0.15, -0.1) is 0 Å². The lowest BCUT2D eigenvalue weighted by atomic mass is 9.85. The van der Waals surface area contributed by atoms with Gasteiger partial charge < -0.3 is 5.32 Å². The Morgan fingerprint density at radius 2 is 1.70 bits per heavy atom. The van der Waals surface area contributed by atoms with Gasteiger partial charge >= 0.3 is 0 Å². The summed E-state index contributed by atoms with van der Waals surface area (Å²) in [6.45, 7) is 3.33. The van der Waals surface area contributed by atoms with Gasteiger partial charge in [0.2, 0.25) is 15.9 Å². The van der Waals surface area contributed by atoms with E-state index in [-0.39, 0.29) is 11.8 Å². The van der Waals surface area contributed by atoms with E-state index < -0.39 is 10.0 Å². The third-order valence-corrected chi connectivity index (χ3v) is 6.89. The highest BCUT2D eigenvalue weighted by molar-refractivity contribution is 7.89. The predicted octanol–water partition coefficient (Wildman–Crippen LogP) is 2.85. The molecule has 6 heteroatoms. The summed E-state index contributed by atoms with van der Waals surface area (Å²) in [5.41, 5.74) is 0.660. The Morgan fingerprint density at radius 3 is 2.22 bits per heavy atom. The summed E-state index contributed by atoms with van der Waals surface area (Å²) in [4.78, 5) is 12.2. The van der Waals surface area contributed by atoms with Gasteiger partial charge in [-0.25, -0.2) is 8.42 Å². The third kappa shape index (κ3) is 3.58. The van der Waals surface area contributed by atoms with Gasteiger partial charge in [0.1, 0.15) is 0 Å². The maximum absolute atomic E-state index is 12.6. The van der Waals surface area contributed by atoms with Gasteiger partial charge in [0.05, 0.1) is 4.90 Å². The molecule has 3 rings (SSSR count). The molecule has 0 aromatic heterocycles. The molecule has 126 valence electrons. The molecule has 23 heavy (non-hydrogen) atoms. The second-order valence-electron chi connectivity index (χ2n) is 6.73. The Labute approximate surface area is 138 Å². The molecule has 1 aliphatic carbocycles. The molecule has 0 spiro atoms. The zero-order chi connectivity index (χ0) is 16.4. The molecule has 1 heterocycles. The van der Waals surface area contributed by atoms with Gasteiger partial charge in [0.25, 0.3) is 0 Å². The van der Waals surface area contributed by atoms with Crippen LogP contribution in [0, 0.1) is 11.8 Å². The molecule has 5 nitrogen and oxygen atoms in total. The van der Waals surface area contributed by atoms with Crippen LogP contribution in [0.5, 0.6) is 0 Å². The number of carbonyl (C=O) groups excluding carboxylic acids is 1. The molecule has 1 saturated heterocycles. The molecule has 1 amide bonds. The number of sulfonamides is 1. The van der Waals surface area contributed by atoms with Gasteiger partial charge in [0.15, 0.2) is 0 Å². The topological polar surface area (TPSA) is 66.5 Å². The minimum absolute atomic E-state index is 0.0388. The smallest absolute Gasteiger partial charge is 0.243 e. The number of benzene rings is 1. The average molecular weight is 336 g/mol. The summed E-state index contributed by atoms with van der Waals surface area (Å²) in [5.74, 6) is 0.746. The standard InChI is InChI=1S/C17H24N2O3S/c1-13-9-11-19(12-10-13)23(21,22)16-7-5-15(6-8-16)18-17(20)14-3-2-4-14/h5-8,13-14H,2-4,9-12H2,1H3,(H,18,20). The highest BCUT2D eigenvalue weighted by Crippen LogP contribution is 2.28. The number of hydrogen-bond acceptors (Lipinski definition) is 3. The second kappa shape index (κ2) is 6.61. The summed E-state index contributed by atoms with van der Waals surface area (Å²) in [5, 5.41) is 2.86. The van der Waals surface area contributed by atoms with E-state index in [0.29, 0.717) is 29.6 Å². The van der Waals surface area contributed by atoms with Crippen molar-refractivity contribution in [3.63, 3.8) is 0 Å². The van der Waals surface area contributed by atoms with E-state index in [9.17, 15) is 13.2 Å². The molecular formula is C17H24N2O3S. The molecule has 1 saturated carbocycles. The molecule has 1 aromatic rings. The lowest BCUT2D eigenvalue weighted by molar-refractivity contribution is -0.122. The fourth-order valence-electron chi connectivity index (χ4n) is 3.00. The summed E-state index contributed by atoms with van der Waals surface area (Å²) in [6.07, 6.45) is 4.84. The van der Waals surface area contributed by atoms with Crippen molar-refractivity contribution in [3.8, 4) is 0 Å². The summed E-state index contributed by atoms with van der Waals surface area (Å²) in [6, 6.07) is 6.53. The Kier molecular flexibility index (Phi) is 4.73. The van der Waals surface area contributed by atoms with Gasteiger partial charge in [-0.2, -0.15) is 4.31 Å². The maximum atomic E-state index is 12.6. The van der Waals surface area contributed by atoms with Crippen LogP contribution >= 0.6 is 0 Å². The first-order valence-electron chi connectivity index (χ1n) is 8.38. The van der Waals surface area contributed by atoms with Crippen molar-refractivity contribution in [2.24, 2.45) is 11.8 Å². The molecular weight excluding hydrogens is 312 g/mol. The number of carbonyl (C=O) groups is 1. The number of nitrogens with one attached hydrogen (secondary N) is 1. The molecule has 2 fully saturated rings. The Hall–Kier alpha value is -1.40. The zero-order valence-corrected chi connectivity index (χ0v) is 14.3. The van der Waals surface area contributed by atoms with Gasteiger partial charge in [0, 0.05) is 24.7 Å². The predicted molar refractivity (Wildman–Crippen MR) is 89.6 cm³/mol. The highest BCUT2D eigenvalue weighted by atomic mass is 32.2. The SMILES string of the molecule is CC1CCN(S(=O)(=O)c2ccc(NC(=O)C3CCC3)cc2)CC1. The van der Waals surface area contributed by atoms with Crippen LogP contribution < -0.4 is 5.32 Å². The van der Waals surface area contributed by atoms with E-state index in [0.717, 1.165) is 32.1 Å². The molecule has 1 aliphatic heterocycles. The highest BCUT2D eigenvalue weighted by Gasteiger charge is 2.28. The van der Waals surface area contributed by atoms with Gasteiger partial charge in [-0.3, -0.25) is 4.79 Å². The van der Waals surface area contributed by atoms with Crippen molar-refractivity contribution >= 4 is 21.6 Å². The normalized spacial score (nSPS) is 20.9. The van der Waals surface area contributed by atoms with E-state index in [1.165, 1.54) is 0 Å². The first-order chi connectivity index (χ1) is 11.0. The number of piperidine rings is 1. The lowest BCUT2D eigenvalue weighted by Gasteiger charge is -2.29. The average Bonchev–Trinajstić information content (AvgIpc) is 2.46. The molecule has 0 unspecified atom stereocenters. The van der Waals surface area contributed by atoms with Crippen molar-refractivity contribution < 1.29 is 13.2 Å². The lowest BCUT2D eigenvalue weighted by Crippen LogP contribution is -2.37. The van der Waals surface area contributed by atoms with Crippen molar-refractivity contribution in [2.75, 3.05) is 18.4 Å². The van der Waals surface area contributed by atoms with Crippen LogP contribution in [0.1, 0.15) is 39.0 Å². The fraction of sp³-hybridized carbons (Fsp3) is 0.588. The van der Waals surface area contributed by atoms with E-state index >= 15 is 0 Å². The summed E-state index contributed by atoms with van der Waals surface area (Å²) < 4.78 is 26.8. The first-order valence-corrected chi connectivity index (χ1v) is 9.82. The summed E-state index contributed by atoms with van der Waals surface area (Å²) in [7, 11) is -3.42. The van der Waals surface area contributed by atoms with E-state index in [1.54, 1.807) is 28.6 Å². The van der Waals surface area contributed by atoms with Gasteiger partial charge in [-0.1, -0.05) is 13.3 Å². The van der Waals surface area contributed by atoms with E-state index in [2.05, 4.69) is 12.2 Å². The Morgan fingerprint density at radius 1 is 1.09 bits per heavy atom. The van der Waals surface area contributed by atoms with E-state index in [4.69, 9.17) is 0 Å². The molecule has 0 bridgehead atoms. The zero-order valence-electron chi connectivity index (χ0n) is 13.5.